The van der Waals surface area contributed by atoms with Crippen molar-refractivity contribution in [1.29, 1.82) is 0 Å². The summed E-state index contributed by atoms with van der Waals surface area (Å²) < 4.78 is 10.2. The first kappa shape index (κ1) is 27.6. The smallest absolute Gasteiger partial charge is 0.330 e. The van der Waals surface area contributed by atoms with E-state index in [9.17, 15) is 9.59 Å². The highest BCUT2D eigenvalue weighted by Crippen LogP contribution is 2.24. The maximum atomic E-state index is 12.4. The molecule has 0 aromatic rings. The van der Waals surface area contributed by atoms with Crippen LogP contribution in [0.3, 0.4) is 0 Å². The van der Waals surface area contributed by atoms with Crippen molar-refractivity contribution in [2.24, 2.45) is 11.8 Å². The van der Waals surface area contributed by atoms with Gasteiger partial charge in [0.05, 0.1) is 6.61 Å². The van der Waals surface area contributed by atoms with Gasteiger partial charge in [0.2, 0.25) is 0 Å². The van der Waals surface area contributed by atoms with Crippen molar-refractivity contribution in [3.8, 4) is 0 Å². The number of aldehydes is 1. The summed E-state index contributed by atoms with van der Waals surface area (Å²) in [6.07, 6.45) is 10.4. The van der Waals surface area contributed by atoms with Gasteiger partial charge in [0.1, 0.15) is 6.29 Å². The Labute approximate surface area is 181 Å². The quantitative estimate of drug-likeness (QED) is 0.230. The van der Waals surface area contributed by atoms with E-state index in [0.717, 1.165) is 18.9 Å². The van der Waals surface area contributed by atoms with Gasteiger partial charge in [-0.3, -0.25) is 4.79 Å². The van der Waals surface area contributed by atoms with Crippen LogP contribution in [0, 0.1) is 11.8 Å². The predicted octanol–water partition coefficient (Wildman–Crippen LogP) is 3.56. The molecule has 0 spiro atoms. The number of carbonyl (C=O) groups excluding carboxylic acids is 3. The number of nitrogens with one attached hydrogen (secondary N) is 2. The Morgan fingerprint density at radius 1 is 1.20 bits per heavy atom. The zero-order valence-corrected chi connectivity index (χ0v) is 18.8. The van der Waals surface area contributed by atoms with Crippen LogP contribution in [0.4, 0.5) is 4.79 Å². The Hall–Kier alpha value is -2.41. The van der Waals surface area contributed by atoms with Crippen molar-refractivity contribution in [2.75, 3.05) is 20.3 Å². The summed E-state index contributed by atoms with van der Waals surface area (Å²) in [4.78, 5) is 32.7. The molecule has 0 saturated carbocycles. The number of esters is 1. The molecule has 2 amide bonds. The fourth-order valence-electron chi connectivity index (χ4n) is 3.01. The van der Waals surface area contributed by atoms with E-state index in [-0.39, 0.29) is 18.7 Å². The van der Waals surface area contributed by atoms with E-state index < -0.39 is 11.5 Å². The van der Waals surface area contributed by atoms with Crippen LogP contribution >= 0.6 is 0 Å². The lowest BCUT2D eigenvalue weighted by Crippen LogP contribution is -2.53. The summed E-state index contributed by atoms with van der Waals surface area (Å²) in [6, 6.07) is -0.161. The van der Waals surface area contributed by atoms with Crippen LogP contribution in [0.2, 0.25) is 0 Å². The molecule has 30 heavy (non-hydrogen) atoms. The molecule has 1 aliphatic carbocycles. The molecular formula is C23H38N2O5. The fourth-order valence-corrected chi connectivity index (χ4v) is 3.01. The summed E-state index contributed by atoms with van der Waals surface area (Å²) in [5.41, 5.74) is -0.527. The maximum Gasteiger partial charge on any atom is 0.330 e. The summed E-state index contributed by atoms with van der Waals surface area (Å²) in [5, 5.41) is 6.04. The van der Waals surface area contributed by atoms with Gasteiger partial charge in [-0.2, -0.15) is 0 Å². The molecule has 3 unspecified atom stereocenters. The third kappa shape index (κ3) is 12.2. The molecule has 7 heteroatoms. The van der Waals surface area contributed by atoms with E-state index >= 15 is 0 Å². The lowest BCUT2D eigenvalue weighted by molar-refractivity contribution is -0.138. The number of ether oxygens (including phenoxy) is 2. The summed E-state index contributed by atoms with van der Waals surface area (Å²) in [7, 11) is 1.62. The van der Waals surface area contributed by atoms with Crippen molar-refractivity contribution in [3.63, 3.8) is 0 Å². The van der Waals surface area contributed by atoms with Crippen LogP contribution in [0.15, 0.2) is 37.5 Å². The van der Waals surface area contributed by atoms with Crippen LogP contribution in [0.1, 0.15) is 46.5 Å². The maximum absolute atomic E-state index is 12.4. The number of allylic oxidation sites excluding steroid dienone is 2. The Kier molecular flexibility index (Phi) is 14.2. The van der Waals surface area contributed by atoms with Gasteiger partial charge < -0.3 is 20.1 Å². The lowest BCUT2D eigenvalue weighted by atomic mass is 9.85. The molecule has 0 aromatic carbocycles. The molecule has 0 aliphatic heterocycles. The van der Waals surface area contributed by atoms with E-state index in [4.69, 9.17) is 14.3 Å². The van der Waals surface area contributed by atoms with Gasteiger partial charge in [-0.25, -0.2) is 9.59 Å². The zero-order valence-electron chi connectivity index (χ0n) is 18.8. The van der Waals surface area contributed by atoms with Gasteiger partial charge in [0, 0.05) is 37.8 Å². The van der Waals surface area contributed by atoms with Crippen molar-refractivity contribution in [1.82, 2.24) is 10.6 Å². The molecular weight excluding hydrogens is 384 g/mol. The van der Waals surface area contributed by atoms with Crippen molar-refractivity contribution in [2.45, 2.75) is 58.0 Å². The number of urea groups is 1. The molecule has 1 aliphatic rings. The number of rotatable bonds is 11. The average Bonchev–Trinajstić information content (AvgIpc) is 2.72. The predicted molar refractivity (Wildman–Crippen MR) is 119 cm³/mol. The highest BCUT2D eigenvalue weighted by atomic mass is 16.5. The van der Waals surface area contributed by atoms with E-state index in [1.165, 1.54) is 6.08 Å². The molecule has 0 fully saturated rings. The normalized spacial score (nSPS) is 19.5. The molecule has 3 atom stereocenters. The molecule has 0 bridgehead atoms. The molecule has 0 saturated heterocycles. The second-order valence-corrected chi connectivity index (χ2v) is 7.87. The molecule has 170 valence electrons. The Bertz CT molecular complexity index is 582. The minimum atomic E-state index is -0.527. The van der Waals surface area contributed by atoms with Gasteiger partial charge in [0.15, 0.2) is 0 Å². The minimum absolute atomic E-state index is 0.0512. The molecule has 0 aromatic heterocycles. The number of carbonyl (C=O) groups is 3. The first-order valence-corrected chi connectivity index (χ1v) is 10.3. The van der Waals surface area contributed by atoms with Gasteiger partial charge in [-0.1, -0.05) is 39.2 Å². The summed E-state index contributed by atoms with van der Waals surface area (Å²) in [5.74, 6) is 0.745. The van der Waals surface area contributed by atoms with E-state index in [0.29, 0.717) is 37.6 Å². The second-order valence-electron chi connectivity index (χ2n) is 7.87. The first-order chi connectivity index (χ1) is 14.2. The number of amides is 2. The zero-order chi connectivity index (χ0) is 23.0. The molecule has 2 N–H and O–H groups in total. The Morgan fingerprint density at radius 2 is 1.83 bits per heavy atom. The van der Waals surface area contributed by atoms with E-state index in [1.807, 2.05) is 6.92 Å². The van der Waals surface area contributed by atoms with Crippen LogP contribution in [0.5, 0.6) is 0 Å². The Morgan fingerprint density at radius 3 is 2.30 bits per heavy atom. The van der Waals surface area contributed by atoms with Crippen LogP contribution in [-0.2, 0) is 19.1 Å². The van der Waals surface area contributed by atoms with E-state index in [2.05, 4.69) is 49.8 Å². The largest absolute Gasteiger partial charge is 0.462 e. The standard InChI is InChI=1S/C20H34N2O4.C3H4O/c1-6-18(23)26-14-12-20(4,11-13-25-5)22-19(24)21-17-9-7-16(8-10-17)15(2)3;1-2-3-4/h6-7,9,15-17H,1,8,10-14H2,2-5H3,(H2,21,22,24);2-3H,1H2. The molecule has 1 rings (SSSR count). The highest BCUT2D eigenvalue weighted by Gasteiger charge is 2.28. The SMILES string of the molecule is C=CC(=O)OCCC(C)(CCOC)NC(=O)NC1C=CC(C(C)C)CC1.C=CC=O. The number of methoxy groups -OCH3 is 1. The molecule has 0 radical (unpaired) electrons. The van der Waals surface area contributed by atoms with Gasteiger partial charge >= 0.3 is 12.0 Å². The summed E-state index contributed by atoms with van der Waals surface area (Å²) >= 11 is 0. The monoisotopic (exact) mass is 422 g/mol. The average molecular weight is 423 g/mol. The fraction of sp³-hybridized carbons (Fsp3) is 0.609. The minimum Gasteiger partial charge on any atom is -0.462 e. The first-order valence-electron chi connectivity index (χ1n) is 10.3. The summed E-state index contributed by atoms with van der Waals surface area (Å²) in [6.45, 7) is 13.6. The lowest BCUT2D eigenvalue weighted by Gasteiger charge is -2.32. The molecule has 7 nitrogen and oxygen atoms in total. The molecule has 0 heterocycles. The van der Waals surface area contributed by atoms with Crippen LogP contribution < -0.4 is 10.6 Å². The van der Waals surface area contributed by atoms with Crippen molar-refractivity contribution in [3.05, 3.63) is 37.5 Å². The second kappa shape index (κ2) is 15.4. The third-order valence-corrected chi connectivity index (χ3v) is 5.01. The Balaban J connectivity index is 0.00000192. The number of hydrogen-bond acceptors (Lipinski definition) is 5. The van der Waals surface area contributed by atoms with Crippen molar-refractivity contribution >= 4 is 18.3 Å². The number of hydrogen-bond donors (Lipinski definition) is 2. The van der Waals surface area contributed by atoms with Crippen molar-refractivity contribution < 1.29 is 23.9 Å². The van der Waals surface area contributed by atoms with Crippen LogP contribution in [0.25, 0.3) is 0 Å². The van der Waals surface area contributed by atoms with Crippen LogP contribution in [-0.4, -0.2) is 50.2 Å². The van der Waals surface area contributed by atoms with Gasteiger partial charge in [-0.05, 0) is 44.1 Å². The third-order valence-electron chi connectivity index (χ3n) is 5.01. The van der Waals surface area contributed by atoms with Gasteiger partial charge in [-0.15, -0.1) is 0 Å². The van der Waals surface area contributed by atoms with E-state index in [1.54, 1.807) is 7.11 Å². The topological polar surface area (TPSA) is 93.7 Å². The van der Waals surface area contributed by atoms with Gasteiger partial charge in [0.25, 0.3) is 0 Å². The highest BCUT2D eigenvalue weighted by molar-refractivity contribution is 5.81.